The predicted octanol–water partition coefficient (Wildman–Crippen LogP) is 2.65. The van der Waals surface area contributed by atoms with Crippen molar-refractivity contribution in [3.63, 3.8) is 0 Å². The van der Waals surface area contributed by atoms with Gasteiger partial charge < -0.3 is 9.47 Å². The first-order chi connectivity index (χ1) is 12.0. The number of carbonyl (C=O) groups excluding carboxylic acids is 1. The summed E-state index contributed by atoms with van der Waals surface area (Å²) in [6.07, 6.45) is 5.06. The number of rotatable bonds is 5. The van der Waals surface area contributed by atoms with Crippen molar-refractivity contribution >= 4 is 23.1 Å². The zero-order valence-corrected chi connectivity index (χ0v) is 14.7. The Kier molecular flexibility index (Phi) is 4.56. The van der Waals surface area contributed by atoms with Crippen LogP contribution in [-0.4, -0.2) is 39.0 Å². The SMILES string of the molecule is CCOC(=O)/C=C/c1c(C)nn(C)c1-n1ccc2ccc(OC)nc21. The lowest BCUT2D eigenvalue weighted by atomic mass is 10.2. The molecule has 0 bridgehead atoms. The normalized spacial score (nSPS) is 11.4. The van der Waals surface area contributed by atoms with Crippen molar-refractivity contribution in [2.24, 2.45) is 7.05 Å². The average Bonchev–Trinajstić information content (AvgIpc) is 3.12. The molecule has 0 aliphatic heterocycles. The second-order valence-electron chi connectivity index (χ2n) is 5.48. The number of aromatic nitrogens is 4. The van der Waals surface area contributed by atoms with E-state index in [-0.39, 0.29) is 5.97 Å². The summed E-state index contributed by atoms with van der Waals surface area (Å²) >= 11 is 0. The summed E-state index contributed by atoms with van der Waals surface area (Å²) in [7, 11) is 3.44. The quantitative estimate of drug-likeness (QED) is 0.527. The van der Waals surface area contributed by atoms with Crippen molar-refractivity contribution in [2.45, 2.75) is 13.8 Å². The van der Waals surface area contributed by atoms with Gasteiger partial charge in [-0.05, 0) is 32.1 Å². The number of methoxy groups -OCH3 is 1. The Hall–Kier alpha value is -3.09. The van der Waals surface area contributed by atoms with Crippen molar-refractivity contribution in [2.75, 3.05) is 13.7 Å². The van der Waals surface area contributed by atoms with Crippen molar-refractivity contribution in [3.8, 4) is 11.7 Å². The minimum absolute atomic E-state index is 0.341. The second kappa shape index (κ2) is 6.80. The van der Waals surface area contributed by atoms with Crippen molar-refractivity contribution < 1.29 is 14.3 Å². The molecular weight excluding hydrogens is 320 g/mol. The lowest BCUT2D eigenvalue weighted by molar-refractivity contribution is -0.137. The Morgan fingerprint density at radius 2 is 2.12 bits per heavy atom. The maximum absolute atomic E-state index is 11.7. The van der Waals surface area contributed by atoms with Gasteiger partial charge in [0, 0.05) is 36.3 Å². The first-order valence-corrected chi connectivity index (χ1v) is 7.96. The van der Waals surface area contributed by atoms with Gasteiger partial charge in [0.25, 0.3) is 0 Å². The van der Waals surface area contributed by atoms with Gasteiger partial charge in [0.1, 0.15) is 11.5 Å². The van der Waals surface area contributed by atoms with Crippen LogP contribution in [0.5, 0.6) is 5.88 Å². The summed E-state index contributed by atoms with van der Waals surface area (Å²) in [6.45, 7) is 4.01. The number of carbonyl (C=O) groups is 1. The average molecular weight is 340 g/mol. The topological polar surface area (TPSA) is 71.2 Å². The summed E-state index contributed by atoms with van der Waals surface area (Å²) in [6, 6.07) is 5.75. The lowest BCUT2D eigenvalue weighted by Gasteiger charge is -2.08. The minimum Gasteiger partial charge on any atom is -0.481 e. The Labute approximate surface area is 145 Å². The molecule has 0 unspecified atom stereocenters. The molecule has 130 valence electrons. The number of fused-ring (bicyclic) bond motifs is 1. The minimum atomic E-state index is -0.381. The van der Waals surface area contributed by atoms with Gasteiger partial charge in [0.05, 0.1) is 19.4 Å². The molecule has 0 saturated carbocycles. The first-order valence-electron chi connectivity index (χ1n) is 7.96. The Balaban J connectivity index is 2.13. The van der Waals surface area contributed by atoms with Crippen LogP contribution < -0.4 is 4.74 Å². The van der Waals surface area contributed by atoms with Crippen LogP contribution in [0.15, 0.2) is 30.5 Å². The van der Waals surface area contributed by atoms with E-state index in [4.69, 9.17) is 9.47 Å². The molecule has 3 aromatic heterocycles. The standard InChI is InChI=1S/C18H20N4O3/c1-5-25-16(23)9-7-14-12(2)20-21(3)18(14)22-11-10-13-6-8-15(24-4)19-17(13)22/h6-11H,5H2,1-4H3/b9-7+. The summed E-state index contributed by atoms with van der Waals surface area (Å²) < 4.78 is 13.9. The molecule has 0 amide bonds. The first kappa shape index (κ1) is 16.8. The van der Waals surface area contributed by atoms with Gasteiger partial charge in [-0.15, -0.1) is 0 Å². The van der Waals surface area contributed by atoms with Gasteiger partial charge in [-0.2, -0.15) is 10.1 Å². The molecule has 3 aromatic rings. The highest BCUT2D eigenvalue weighted by Gasteiger charge is 2.16. The van der Waals surface area contributed by atoms with Crippen LogP contribution in [-0.2, 0) is 16.6 Å². The predicted molar refractivity (Wildman–Crippen MR) is 94.8 cm³/mol. The molecule has 0 fully saturated rings. The molecule has 25 heavy (non-hydrogen) atoms. The maximum Gasteiger partial charge on any atom is 0.330 e. The van der Waals surface area contributed by atoms with Crippen LogP contribution in [0.2, 0.25) is 0 Å². The largest absolute Gasteiger partial charge is 0.481 e. The monoisotopic (exact) mass is 340 g/mol. The molecule has 0 aromatic carbocycles. The third-order valence-electron chi connectivity index (χ3n) is 3.86. The molecule has 7 heteroatoms. The molecule has 0 saturated heterocycles. The molecule has 0 aliphatic carbocycles. The molecule has 0 atom stereocenters. The van der Waals surface area contributed by atoms with Crippen LogP contribution in [0, 0.1) is 6.92 Å². The molecule has 3 heterocycles. The summed E-state index contributed by atoms with van der Waals surface area (Å²) in [5.74, 6) is 0.970. The summed E-state index contributed by atoms with van der Waals surface area (Å²) in [5.41, 5.74) is 2.40. The molecule has 0 aliphatic rings. The molecule has 0 radical (unpaired) electrons. The van der Waals surface area contributed by atoms with Gasteiger partial charge >= 0.3 is 5.97 Å². The fraction of sp³-hybridized carbons (Fsp3) is 0.278. The van der Waals surface area contributed by atoms with E-state index < -0.39 is 0 Å². The molecule has 0 N–H and O–H groups in total. The molecule has 3 rings (SSSR count). The van der Waals surface area contributed by atoms with E-state index in [1.54, 1.807) is 24.8 Å². The molecule has 0 spiro atoms. The van der Waals surface area contributed by atoms with E-state index in [9.17, 15) is 4.79 Å². The van der Waals surface area contributed by atoms with Crippen LogP contribution >= 0.6 is 0 Å². The smallest absolute Gasteiger partial charge is 0.330 e. The van der Waals surface area contributed by atoms with Crippen LogP contribution in [0.4, 0.5) is 0 Å². The molecular formula is C18H20N4O3. The summed E-state index contributed by atoms with van der Waals surface area (Å²) in [4.78, 5) is 16.2. The molecule has 7 nitrogen and oxygen atoms in total. The fourth-order valence-electron chi connectivity index (χ4n) is 2.76. The van der Waals surface area contributed by atoms with E-state index in [0.29, 0.717) is 12.5 Å². The summed E-state index contributed by atoms with van der Waals surface area (Å²) in [5, 5.41) is 5.46. The van der Waals surface area contributed by atoms with E-state index in [1.165, 1.54) is 6.08 Å². The van der Waals surface area contributed by atoms with Gasteiger partial charge in [0.2, 0.25) is 5.88 Å². The van der Waals surface area contributed by atoms with Crippen LogP contribution in [0.1, 0.15) is 18.2 Å². The van der Waals surface area contributed by atoms with Crippen LogP contribution in [0.25, 0.3) is 22.9 Å². The van der Waals surface area contributed by atoms with Crippen molar-refractivity contribution in [1.82, 2.24) is 19.3 Å². The number of esters is 1. The maximum atomic E-state index is 11.7. The number of aryl methyl sites for hydroxylation is 2. The Morgan fingerprint density at radius 1 is 1.32 bits per heavy atom. The highest BCUT2D eigenvalue weighted by molar-refractivity contribution is 5.88. The highest BCUT2D eigenvalue weighted by atomic mass is 16.5. The van der Waals surface area contributed by atoms with Gasteiger partial charge in [0.15, 0.2) is 0 Å². The Morgan fingerprint density at radius 3 is 2.84 bits per heavy atom. The number of hydrogen-bond acceptors (Lipinski definition) is 5. The zero-order valence-electron chi connectivity index (χ0n) is 14.7. The highest BCUT2D eigenvalue weighted by Crippen LogP contribution is 2.25. The third-order valence-corrected chi connectivity index (χ3v) is 3.86. The lowest BCUT2D eigenvalue weighted by Crippen LogP contribution is -2.04. The van der Waals surface area contributed by atoms with Gasteiger partial charge in [-0.3, -0.25) is 9.25 Å². The number of nitrogens with zero attached hydrogens (tertiary/aromatic N) is 4. The number of ether oxygens (including phenoxy) is 2. The Bertz CT molecular complexity index is 953. The van der Waals surface area contributed by atoms with Crippen LogP contribution in [0.3, 0.4) is 0 Å². The second-order valence-corrected chi connectivity index (χ2v) is 5.48. The van der Waals surface area contributed by atoms with Crippen molar-refractivity contribution in [3.05, 3.63) is 41.7 Å². The van der Waals surface area contributed by atoms with Crippen molar-refractivity contribution in [1.29, 1.82) is 0 Å². The van der Waals surface area contributed by atoms with Gasteiger partial charge in [-0.1, -0.05) is 0 Å². The van der Waals surface area contributed by atoms with E-state index in [2.05, 4.69) is 10.1 Å². The third kappa shape index (κ3) is 3.13. The fourth-order valence-corrected chi connectivity index (χ4v) is 2.76. The van der Waals surface area contributed by atoms with E-state index >= 15 is 0 Å². The number of hydrogen-bond donors (Lipinski definition) is 0. The zero-order chi connectivity index (χ0) is 18.0. The van der Waals surface area contributed by atoms with Gasteiger partial charge in [-0.25, -0.2) is 4.79 Å². The number of pyridine rings is 1. The van der Waals surface area contributed by atoms with E-state index in [1.807, 2.05) is 42.9 Å². The van der Waals surface area contributed by atoms with E-state index in [0.717, 1.165) is 28.1 Å².